The van der Waals surface area contributed by atoms with Crippen molar-refractivity contribution in [3.05, 3.63) is 56.7 Å². The number of nitrogens with zero attached hydrogens (tertiary/aromatic N) is 1. The fourth-order valence-corrected chi connectivity index (χ4v) is 3.52. The van der Waals surface area contributed by atoms with Crippen LogP contribution in [-0.4, -0.2) is 18.6 Å². The lowest BCUT2D eigenvalue weighted by Crippen LogP contribution is -2.24. The second-order valence-corrected chi connectivity index (χ2v) is 6.51. The fourth-order valence-electron chi connectivity index (χ4n) is 2.20. The summed E-state index contributed by atoms with van der Waals surface area (Å²) in [7, 11) is 1.67. The molecule has 0 amide bonds. The number of aromatic nitrogens is 1. The number of benzene rings is 1. The zero-order valence-electron chi connectivity index (χ0n) is 12.1. The molecule has 0 radical (unpaired) electrons. The van der Waals surface area contributed by atoms with E-state index in [1.54, 1.807) is 13.3 Å². The molecule has 0 aliphatic carbocycles. The summed E-state index contributed by atoms with van der Waals surface area (Å²) in [5, 5.41) is 3.55. The quantitative estimate of drug-likeness (QED) is 0.744. The highest BCUT2D eigenvalue weighted by Gasteiger charge is 2.19. The molecule has 0 spiro atoms. The standard InChI is InChI=1S/C16H18Br2N2O/c1-3-6-19-15(11-8-12(17)10-13(18)9-11)16-14(21-2)5-4-7-20-16/h4-5,7-10,15,19H,3,6H2,1-2H3. The molecule has 2 rings (SSSR count). The first-order chi connectivity index (χ1) is 10.2. The average Bonchev–Trinajstić information content (AvgIpc) is 2.47. The molecule has 1 unspecified atom stereocenters. The Kier molecular flexibility index (Phi) is 6.21. The van der Waals surface area contributed by atoms with Crippen LogP contribution >= 0.6 is 31.9 Å². The van der Waals surface area contributed by atoms with E-state index in [9.17, 15) is 0 Å². The van der Waals surface area contributed by atoms with Gasteiger partial charge in [0.15, 0.2) is 0 Å². The van der Waals surface area contributed by atoms with E-state index in [0.29, 0.717) is 0 Å². The molecule has 0 bridgehead atoms. The summed E-state index contributed by atoms with van der Waals surface area (Å²) < 4.78 is 7.53. The topological polar surface area (TPSA) is 34.2 Å². The van der Waals surface area contributed by atoms with Crippen molar-refractivity contribution in [1.82, 2.24) is 10.3 Å². The third kappa shape index (κ3) is 4.28. The number of methoxy groups -OCH3 is 1. The second-order valence-electron chi connectivity index (χ2n) is 4.68. The molecule has 3 nitrogen and oxygen atoms in total. The maximum absolute atomic E-state index is 5.46. The average molecular weight is 414 g/mol. The highest BCUT2D eigenvalue weighted by molar-refractivity contribution is 9.11. The number of halogens is 2. The van der Waals surface area contributed by atoms with Crippen molar-refractivity contribution >= 4 is 31.9 Å². The zero-order chi connectivity index (χ0) is 15.2. The number of hydrogen-bond acceptors (Lipinski definition) is 3. The molecule has 1 N–H and O–H groups in total. The van der Waals surface area contributed by atoms with E-state index in [4.69, 9.17) is 4.74 Å². The molecule has 21 heavy (non-hydrogen) atoms. The summed E-state index contributed by atoms with van der Waals surface area (Å²) in [6.45, 7) is 3.06. The molecule has 2 aromatic rings. The summed E-state index contributed by atoms with van der Waals surface area (Å²) in [4.78, 5) is 4.52. The fraction of sp³-hybridized carbons (Fsp3) is 0.312. The number of ether oxygens (including phenoxy) is 1. The molecule has 0 fully saturated rings. The van der Waals surface area contributed by atoms with E-state index >= 15 is 0 Å². The van der Waals surface area contributed by atoms with Gasteiger partial charge in [0, 0.05) is 15.1 Å². The monoisotopic (exact) mass is 412 g/mol. The molecule has 0 saturated heterocycles. The summed E-state index contributed by atoms with van der Waals surface area (Å²) in [6, 6.07) is 10.1. The van der Waals surface area contributed by atoms with E-state index in [-0.39, 0.29) is 6.04 Å². The Morgan fingerprint density at radius 1 is 1.24 bits per heavy atom. The van der Waals surface area contributed by atoms with Gasteiger partial charge in [-0.1, -0.05) is 38.8 Å². The number of pyridine rings is 1. The first kappa shape index (κ1) is 16.5. The molecule has 0 aliphatic rings. The van der Waals surface area contributed by atoms with Crippen molar-refractivity contribution in [2.24, 2.45) is 0 Å². The van der Waals surface area contributed by atoms with Gasteiger partial charge in [0.25, 0.3) is 0 Å². The molecule has 1 atom stereocenters. The lowest BCUT2D eigenvalue weighted by molar-refractivity contribution is 0.399. The van der Waals surface area contributed by atoms with Gasteiger partial charge in [-0.25, -0.2) is 0 Å². The van der Waals surface area contributed by atoms with Crippen LogP contribution in [0.3, 0.4) is 0 Å². The Balaban J connectivity index is 2.46. The number of rotatable bonds is 6. The van der Waals surface area contributed by atoms with Crippen molar-refractivity contribution < 1.29 is 4.74 Å². The first-order valence-electron chi connectivity index (χ1n) is 6.84. The minimum atomic E-state index is -0.00472. The highest BCUT2D eigenvalue weighted by atomic mass is 79.9. The predicted molar refractivity (Wildman–Crippen MR) is 92.8 cm³/mol. The van der Waals surface area contributed by atoms with Gasteiger partial charge in [-0.05, 0) is 48.9 Å². The van der Waals surface area contributed by atoms with Crippen LogP contribution in [0.1, 0.15) is 30.6 Å². The van der Waals surface area contributed by atoms with Gasteiger partial charge in [-0.3, -0.25) is 4.98 Å². The zero-order valence-corrected chi connectivity index (χ0v) is 15.2. The summed E-state index contributed by atoms with van der Waals surface area (Å²) >= 11 is 7.10. The van der Waals surface area contributed by atoms with E-state index in [1.807, 2.05) is 18.2 Å². The minimum absolute atomic E-state index is 0.00472. The van der Waals surface area contributed by atoms with E-state index in [1.165, 1.54) is 0 Å². The van der Waals surface area contributed by atoms with Crippen LogP contribution in [0.4, 0.5) is 0 Å². The maximum atomic E-state index is 5.46. The minimum Gasteiger partial charge on any atom is -0.495 e. The lowest BCUT2D eigenvalue weighted by atomic mass is 10.0. The summed E-state index contributed by atoms with van der Waals surface area (Å²) in [5.74, 6) is 0.794. The van der Waals surface area contributed by atoms with Crippen LogP contribution < -0.4 is 10.1 Å². The van der Waals surface area contributed by atoms with Crippen LogP contribution in [0.25, 0.3) is 0 Å². The molecule has 5 heteroatoms. The normalized spacial score (nSPS) is 12.2. The van der Waals surface area contributed by atoms with E-state index in [2.05, 4.69) is 61.2 Å². The van der Waals surface area contributed by atoms with Crippen LogP contribution in [0.5, 0.6) is 5.75 Å². The molecule has 1 aromatic carbocycles. The molecular weight excluding hydrogens is 396 g/mol. The van der Waals surface area contributed by atoms with Gasteiger partial charge in [0.05, 0.1) is 13.2 Å². The third-order valence-corrected chi connectivity index (χ3v) is 4.03. The smallest absolute Gasteiger partial charge is 0.142 e. The summed E-state index contributed by atoms with van der Waals surface area (Å²) in [5.41, 5.74) is 2.04. The lowest BCUT2D eigenvalue weighted by Gasteiger charge is -2.21. The Morgan fingerprint density at radius 3 is 2.57 bits per heavy atom. The van der Waals surface area contributed by atoms with Crippen molar-refractivity contribution in [1.29, 1.82) is 0 Å². The Morgan fingerprint density at radius 2 is 1.95 bits per heavy atom. The van der Waals surface area contributed by atoms with E-state index < -0.39 is 0 Å². The van der Waals surface area contributed by atoms with Crippen LogP contribution in [-0.2, 0) is 0 Å². The van der Waals surface area contributed by atoms with Gasteiger partial charge in [-0.2, -0.15) is 0 Å². The van der Waals surface area contributed by atoms with Crippen LogP contribution in [0.15, 0.2) is 45.5 Å². The van der Waals surface area contributed by atoms with Gasteiger partial charge >= 0.3 is 0 Å². The Bertz CT molecular complexity index is 584. The van der Waals surface area contributed by atoms with Crippen molar-refractivity contribution in [3.8, 4) is 5.75 Å². The van der Waals surface area contributed by atoms with Crippen molar-refractivity contribution in [2.75, 3.05) is 13.7 Å². The van der Waals surface area contributed by atoms with Gasteiger partial charge < -0.3 is 10.1 Å². The molecule has 112 valence electrons. The van der Waals surface area contributed by atoms with Crippen LogP contribution in [0, 0.1) is 0 Å². The van der Waals surface area contributed by atoms with Gasteiger partial charge in [-0.15, -0.1) is 0 Å². The first-order valence-corrected chi connectivity index (χ1v) is 8.42. The molecule has 1 heterocycles. The number of hydrogen-bond donors (Lipinski definition) is 1. The largest absolute Gasteiger partial charge is 0.495 e. The van der Waals surface area contributed by atoms with Crippen molar-refractivity contribution in [2.45, 2.75) is 19.4 Å². The summed E-state index contributed by atoms with van der Waals surface area (Å²) in [6.07, 6.45) is 2.85. The maximum Gasteiger partial charge on any atom is 0.142 e. The second kappa shape index (κ2) is 7.92. The van der Waals surface area contributed by atoms with Crippen LogP contribution in [0.2, 0.25) is 0 Å². The van der Waals surface area contributed by atoms with E-state index in [0.717, 1.165) is 38.9 Å². The number of nitrogens with one attached hydrogen (secondary N) is 1. The SMILES string of the molecule is CCCNC(c1cc(Br)cc(Br)c1)c1ncccc1OC. The molecular formula is C16H18Br2N2O. The highest BCUT2D eigenvalue weighted by Crippen LogP contribution is 2.31. The molecule has 0 saturated carbocycles. The van der Waals surface area contributed by atoms with Crippen molar-refractivity contribution in [3.63, 3.8) is 0 Å². The Labute approximate surface area is 142 Å². The van der Waals surface area contributed by atoms with Gasteiger partial charge in [0.2, 0.25) is 0 Å². The molecule has 1 aromatic heterocycles. The Hall–Kier alpha value is -0.910. The van der Waals surface area contributed by atoms with Gasteiger partial charge in [0.1, 0.15) is 11.4 Å². The molecule has 0 aliphatic heterocycles. The predicted octanol–water partition coefficient (Wildman–Crippen LogP) is 4.70. The third-order valence-electron chi connectivity index (χ3n) is 3.11.